The Kier molecular flexibility index (Phi) is 3.55. The Morgan fingerprint density at radius 2 is 1.60 bits per heavy atom. The van der Waals surface area contributed by atoms with Crippen molar-refractivity contribution in [3.8, 4) is 0 Å². The lowest BCUT2D eigenvalue weighted by molar-refractivity contribution is -0.134. The maximum Gasteiger partial charge on any atom is 0.248 e. The van der Waals surface area contributed by atoms with Crippen molar-refractivity contribution >= 4 is 27.7 Å². The van der Waals surface area contributed by atoms with Crippen LogP contribution >= 0.6 is 0 Å². The molecule has 0 radical (unpaired) electrons. The monoisotopic (exact) mass is 297 g/mol. The highest BCUT2D eigenvalue weighted by molar-refractivity contribution is 7.89. The molecule has 0 spiro atoms. The van der Waals surface area contributed by atoms with Crippen molar-refractivity contribution in [3.63, 3.8) is 0 Å². The van der Waals surface area contributed by atoms with Gasteiger partial charge in [0.25, 0.3) is 0 Å². The highest BCUT2D eigenvalue weighted by Gasteiger charge is 2.32. The molecular formula is C11H11N3O5S. The lowest BCUT2D eigenvalue weighted by Crippen LogP contribution is -2.53. The largest absolute Gasteiger partial charge is 0.366 e. The van der Waals surface area contributed by atoms with Crippen molar-refractivity contribution in [2.75, 3.05) is 13.1 Å². The van der Waals surface area contributed by atoms with E-state index in [2.05, 4.69) is 0 Å². The highest BCUT2D eigenvalue weighted by atomic mass is 32.2. The Labute approximate surface area is 114 Å². The summed E-state index contributed by atoms with van der Waals surface area (Å²) in [5, 5.41) is 2.01. The van der Waals surface area contributed by atoms with Crippen LogP contribution in [0, 0.1) is 0 Å². The smallest absolute Gasteiger partial charge is 0.248 e. The van der Waals surface area contributed by atoms with E-state index in [1.54, 1.807) is 0 Å². The van der Waals surface area contributed by atoms with Crippen LogP contribution < -0.4 is 11.1 Å². The minimum atomic E-state index is -3.97. The number of rotatable bonds is 3. The summed E-state index contributed by atoms with van der Waals surface area (Å²) in [6.45, 7) is -0.850. The summed E-state index contributed by atoms with van der Waals surface area (Å²) in [6.07, 6.45) is 0. The third-order valence-electron chi connectivity index (χ3n) is 2.70. The molecule has 1 heterocycles. The van der Waals surface area contributed by atoms with Gasteiger partial charge in [-0.25, -0.2) is 8.42 Å². The maximum atomic E-state index is 12.2. The van der Waals surface area contributed by atoms with Crippen molar-refractivity contribution in [1.82, 2.24) is 9.62 Å². The fourth-order valence-electron chi connectivity index (χ4n) is 1.72. The molecule has 0 bridgehead atoms. The molecule has 3 amide bonds. The number of benzene rings is 1. The Bertz CT molecular complexity index is 665. The molecule has 0 unspecified atom stereocenters. The van der Waals surface area contributed by atoms with Gasteiger partial charge in [-0.05, 0) is 24.3 Å². The van der Waals surface area contributed by atoms with Gasteiger partial charge in [0, 0.05) is 5.56 Å². The second kappa shape index (κ2) is 5.02. The van der Waals surface area contributed by atoms with Crippen LogP contribution in [0.15, 0.2) is 29.2 Å². The zero-order valence-electron chi connectivity index (χ0n) is 10.2. The molecule has 8 nitrogen and oxygen atoms in total. The zero-order valence-corrected chi connectivity index (χ0v) is 11.0. The number of amides is 3. The molecule has 9 heteroatoms. The van der Waals surface area contributed by atoms with E-state index in [1.165, 1.54) is 24.3 Å². The summed E-state index contributed by atoms with van der Waals surface area (Å²) in [5.41, 5.74) is 5.22. The molecule has 0 aliphatic carbocycles. The van der Waals surface area contributed by atoms with Gasteiger partial charge in [-0.1, -0.05) is 0 Å². The predicted molar refractivity (Wildman–Crippen MR) is 66.9 cm³/mol. The molecule has 20 heavy (non-hydrogen) atoms. The highest BCUT2D eigenvalue weighted by Crippen LogP contribution is 2.17. The van der Waals surface area contributed by atoms with E-state index in [0.717, 1.165) is 4.31 Å². The molecule has 3 N–H and O–H groups in total. The topological polar surface area (TPSA) is 127 Å². The number of hydrogen-bond donors (Lipinski definition) is 2. The van der Waals surface area contributed by atoms with Gasteiger partial charge in [-0.3, -0.25) is 19.7 Å². The van der Waals surface area contributed by atoms with Gasteiger partial charge < -0.3 is 5.73 Å². The van der Waals surface area contributed by atoms with Gasteiger partial charge in [-0.2, -0.15) is 4.31 Å². The molecule has 1 aromatic rings. The maximum absolute atomic E-state index is 12.2. The number of nitrogens with zero attached hydrogens (tertiary/aromatic N) is 1. The standard InChI is InChI=1S/C11H11N3O5S/c12-11(17)7-1-3-8(4-2-7)20(18,19)14-5-9(15)13-10(16)6-14/h1-4H,5-6H2,(H2,12,17)(H,13,15,16). The number of carbonyl (C=O) groups excluding carboxylic acids is 3. The van der Waals surface area contributed by atoms with Crippen molar-refractivity contribution in [3.05, 3.63) is 29.8 Å². The summed E-state index contributed by atoms with van der Waals surface area (Å²) in [5.74, 6) is -2.04. The van der Waals surface area contributed by atoms with Crippen LogP contribution in [0.3, 0.4) is 0 Å². The quantitative estimate of drug-likeness (QED) is 0.652. The first-order valence-electron chi connectivity index (χ1n) is 5.53. The first kappa shape index (κ1) is 14.2. The minimum absolute atomic E-state index is 0.120. The summed E-state index contributed by atoms with van der Waals surface area (Å²) in [7, 11) is -3.97. The van der Waals surface area contributed by atoms with E-state index in [1.807, 2.05) is 5.32 Å². The Hall–Kier alpha value is -2.26. The van der Waals surface area contributed by atoms with E-state index in [0.29, 0.717) is 0 Å². The third-order valence-corrected chi connectivity index (χ3v) is 4.50. The number of piperazine rings is 1. The van der Waals surface area contributed by atoms with Crippen LogP contribution in [0.25, 0.3) is 0 Å². The minimum Gasteiger partial charge on any atom is -0.366 e. The van der Waals surface area contributed by atoms with Gasteiger partial charge in [0.1, 0.15) is 0 Å². The van der Waals surface area contributed by atoms with Crippen molar-refractivity contribution < 1.29 is 22.8 Å². The number of hydrogen-bond acceptors (Lipinski definition) is 5. The fraction of sp³-hybridized carbons (Fsp3) is 0.182. The van der Waals surface area contributed by atoms with Crippen LogP contribution in [0.4, 0.5) is 0 Å². The molecule has 0 saturated carbocycles. The summed E-state index contributed by atoms with van der Waals surface area (Å²) < 4.78 is 25.2. The normalized spacial score (nSPS) is 16.8. The number of primary amides is 1. The Morgan fingerprint density at radius 1 is 1.10 bits per heavy atom. The number of sulfonamides is 1. The molecule has 1 aromatic carbocycles. The number of nitrogens with one attached hydrogen (secondary N) is 1. The lowest BCUT2D eigenvalue weighted by Gasteiger charge is -2.24. The van der Waals surface area contributed by atoms with Gasteiger partial charge >= 0.3 is 0 Å². The first-order valence-corrected chi connectivity index (χ1v) is 6.97. The fourth-order valence-corrected chi connectivity index (χ4v) is 3.07. The summed E-state index contributed by atoms with van der Waals surface area (Å²) in [6, 6.07) is 4.93. The number of carbonyl (C=O) groups is 3. The molecule has 106 valence electrons. The first-order chi connectivity index (χ1) is 9.30. The van der Waals surface area contributed by atoms with Crippen LogP contribution in [0.2, 0.25) is 0 Å². The number of imide groups is 1. The molecule has 0 aromatic heterocycles. The van der Waals surface area contributed by atoms with Crippen LogP contribution in [-0.4, -0.2) is 43.5 Å². The second-order valence-corrected chi connectivity index (χ2v) is 6.07. The summed E-state index contributed by atoms with van der Waals surface area (Å²) in [4.78, 5) is 33.2. The van der Waals surface area contributed by atoms with Crippen molar-refractivity contribution in [2.45, 2.75) is 4.90 Å². The molecule has 1 aliphatic heterocycles. The van der Waals surface area contributed by atoms with Gasteiger partial charge in [0.05, 0.1) is 18.0 Å². The molecule has 0 atom stereocenters. The lowest BCUT2D eigenvalue weighted by atomic mass is 10.2. The van der Waals surface area contributed by atoms with E-state index >= 15 is 0 Å². The molecular weight excluding hydrogens is 286 g/mol. The van der Waals surface area contributed by atoms with E-state index in [9.17, 15) is 22.8 Å². The van der Waals surface area contributed by atoms with E-state index < -0.39 is 40.8 Å². The average Bonchev–Trinajstić information content (AvgIpc) is 2.37. The van der Waals surface area contributed by atoms with Gasteiger partial charge in [0.2, 0.25) is 27.7 Å². The molecule has 2 rings (SSSR count). The third kappa shape index (κ3) is 2.68. The van der Waals surface area contributed by atoms with Crippen molar-refractivity contribution in [2.24, 2.45) is 5.73 Å². The predicted octanol–water partition coefficient (Wildman–Crippen LogP) is -1.57. The number of nitrogens with two attached hydrogens (primary N) is 1. The average molecular weight is 297 g/mol. The van der Waals surface area contributed by atoms with Crippen molar-refractivity contribution in [1.29, 1.82) is 0 Å². The van der Waals surface area contributed by atoms with Crippen LogP contribution in [-0.2, 0) is 19.6 Å². The van der Waals surface area contributed by atoms with E-state index in [4.69, 9.17) is 5.73 Å². The Morgan fingerprint density at radius 3 is 2.05 bits per heavy atom. The van der Waals surface area contributed by atoms with E-state index in [-0.39, 0.29) is 10.5 Å². The Balaban J connectivity index is 2.32. The zero-order chi connectivity index (χ0) is 14.9. The summed E-state index contributed by atoms with van der Waals surface area (Å²) >= 11 is 0. The van der Waals surface area contributed by atoms with Gasteiger partial charge in [0.15, 0.2) is 0 Å². The molecule has 1 aliphatic rings. The van der Waals surface area contributed by atoms with Gasteiger partial charge in [-0.15, -0.1) is 0 Å². The molecule has 1 saturated heterocycles. The SMILES string of the molecule is NC(=O)c1ccc(S(=O)(=O)N2CC(=O)NC(=O)C2)cc1. The molecule has 1 fully saturated rings. The van der Waals surface area contributed by atoms with Crippen LogP contribution in [0.1, 0.15) is 10.4 Å². The second-order valence-electron chi connectivity index (χ2n) is 4.13. The van der Waals surface area contributed by atoms with Crippen LogP contribution in [0.5, 0.6) is 0 Å².